The molecule has 0 saturated heterocycles. The molecule has 1 unspecified atom stereocenters. The van der Waals surface area contributed by atoms with Crippen LogP contribution in [0.3, 0.4) is 0 Å². The van der Waals surface area contributed by atoms with E-state index in [4.69, 9.17) is 5.41 Å². The van der Waals surface area contributed by atoms with Crippen molar-refractivity contribution in [1.82, 2.24) is 0 Å². The highest BCUT2D eigenvalue weighted by atomic mass is 32.2. The molecular formula is C20H25NS. The molecule has 0 fully saturated rings. The molecule has 2 heteroatoms. The maximum absolute atomic E-state index is 8.34. The Hall–Kier alpha value is -1.54. The Balaban J connectivity index is 1.86. The molecule has 1 atom stereocenters. The number of benzene rings is 1. The molecular weight excluding hydrogens is 286 g/mol. The van der Waals surface area contributed by atoms with Gasteiger partial charge in [0.15, 0.2) is 0 Å². The average molecular weight is 311 g/mol. The molecule has 0 radical (unpaired) electrons. The van der Waals surface area contributed by atoms with Gasteiger partial charge in [-0.05, 0) is 30.4 Å². The molecule has 1 aromatic rings. The number of rotatable bonds is 8. The molecule has 0 bridgehead atoms. The summed E-state index contributed by atoms with van der Waals surface area (Å²) in [6.07, 6.45) is 9.89. The first-order valence-corrected chi connectivity index (χ1v) is 9.11. The fourth-order valence-corrected chi connectivity index (χ4v) is 3.72. The Morgan fingerprint density at radius 2 is 2.09 bits per heavy atom. The van der Waals surface area contributed by atoms with Crippen LogP contribution < -0.4 is 0 Å². The molecule has 0 aliphatic heterocycles. The van der Waals surface area contributed by atoms with E-state index in [1.165, 1.54) is 17.6 Å². The van der Waals surface area contributed by atoms with Crippen molar-refractivity contribution >= 4 is 17.5 Å². The van der Waals surface area contributed by atoms with E-state index in [2.05, 4.69) is 56.0 Å². The zero-order valence-electron chi connectivity index (χ0n) is 13.3. The maximum atomic E-state index is 8.34. The third kappa shape index (κ3) is 4.74. The van der Waals surface area contributed by atoms with Crippen molar-refractivity contribution < 1.29 is 0 Å². The van der Waals surface area contributed by atoms with Crippen LogP contribution >= 0.6 is 11.8 Å². The molecule has 0 aromatic heterocycles. The van der Waals surface area contributed by atoms with Gasteiger partial charge >= 0.3 is 0 Å². The molecule has 22 heavy (non-hydrogen) atoms. The van der Waals surface area contributed by atoms with E-state index in [0.29, 0.717) is 5.71 Å². The number of hydrogen-bond donors (Lipinski definition) is 1. The van der Waals surface area contributed by atoms with Crippen molar-refractivity contribution in [3.63, 3.8) is 0 Å². The monoisotopic (exact) mass is 311 g/mol. The van der Waals surface area contributed by atoms with Gasteiger partial charge in [0.1, 0.15) is 0 Å². The smallest absolute Gasteiger partial charge is 0.0445 e. The van der Waals surface area contributed by atoms with E-state index in [9.17, 15) is 0 Å². The summed E-state index contributed by atoms with van der Waals surface area (Å²) in [4.78, 5) is 0. The second-order valence-corrected chi connectivity index (χ2v) is 6.65. The first kappa shape index (κ1) is 16.8. The van der Waals surface area contributed by atoms with Gasteiger partial charge in [0, 0.05) is 23.1 Å². The van der Waals surface area contributed by atoms with E-state index in [1.54, 1.807) is 0 Å². The van der Waals surface area contributed by atoms with E-state index >= 15 is 0 Å². The zero-order valence-corrected chi connectivity index (χ0v) is 14.2. The van der Waals surface area contributed by atoms with Crippen LogP contribution in [0.15, 0.2) is 66.3 Å². The standard InChI is InChI=1S/C20H25NS/c1-3-19(18-12-8-5-9-13-18)16(2)20(21)15-22-14-17-10-6-4-7-11-17/h4-6,8-10,12-13,19,21H,2-3,7,11,14-15H2,1H3. The highest BCUT2D eigenvalue weighted by Gasteiger charge is 2.16. The molecule has 1 aromatic carbocycles. The third-order valence-electron chi connectivity index (χ3n) is 4.05. The van der Waals surface area contributed by atoms with Crippen LogP contribution in [0.5, 0.6) is 0 Å². The van der Waals surface area contributed by atoms with Crippen LogP contribution in [0.25, 0.3) is 0 Å². The van der Waals surface area contributed by atoms with Crippen LogP contribution in [0.4, 0.5) is 0 Å². The topological polar surface area (TPSA) is 23.9 Å². The molecule has 0 heterocycles. The second kappa shape index (κ2) is 8.79. The van der Waals surface area contributed by atoms with Crippen molar-refractivity contribution in [3.05, 3.63) is 71.8 Å². The second-order valence-electron chi connectivity index (χ2n) is 5.66. The van der Waals surface area contributed by atoms with Gasteiger partial charge in [-0.2, -0.15) is 11.8 Å². The summed E-state index contributed by atoms with van der Waals surface area (Å²) in [6, 6.07) is 10.4. The third-order valence-corrected chi connectivity index (χ3v) is 5.12. The van der Waals surface area contributed by atoms with Crippen molar-refractivity contribution in [3.8, 4) is 0 Å². The van der Waals surface area contributed by atoms with E-state index in [0.717, 1.165) is 29.9 Å². The lowest BCUT2D eigenvalue weighted by Gasteiger charge is -2.19. The minimum Gasteiger partial charge on any atom is -0.304 e. The summed E-state index contributed by atoms with van der Waals surface area (Å²) in [5.41, 5.74) is 4.41. The van der Waals surface area contributed by atoms with Gasteiger partial charge in [-0.15, -0.1) is 0 Å². The van der Waals surface area contributed by atoms with Gasteiger partial charge in [-0.3, -0.25) is 0 Å². The molecule has 1 aliphatic carbocycles. The predicted molar refractivity (Wildman–Crippen MR) is 100 cm³/mol. The highest BCUT2D eigenvalue weighted by Crippen LogP contribution is 2.28. The van der Waals surface area contributed by atoms with Gasteiger partial charge in [0.05, 0.1) is 0 Å². The van der Waals surface area contributed by atoms with E-state index in [1.807, 2.05) is 17.8 Å². The molecule has 1 N–H and O–H groups in total. The zero-order chi connectivity index (χ0) is 15.8. The minimum atomic E-state index is 0.270. The van der Waals surface area contributed by atoms with Crippen LogP contribution in [0.1, 0.15) is 37.7 Å². The first-order valence-electron chi connectivity index (χ1n) is 7.96. The Kier molecular flexibility index (Phi) is 6.73. The maximum Gasteiger partial charge on any atom is 0.0445 e. The molecule has 1 nitrogen and oxygen atoms in total. The number of hydrogen-bond acceptors (Lipinski definition) is 2. The first-order chi connectivity index (χ1) is 10.7. The van der Waals surface area contributed by atoms with Gasteiger partial charge in [0.25, 0.3) is 0 Å². The van der Waals surface area contributed by atoms with Crippen molar-refractivity contribution in [2.75, 3.05) is 11.5 Å². The molecule has 116 valence electrons. The summed E-state index contributed by atoms with van der Waals surface area (Å²) in [5, 5.41) is 8.34. The van der Waals surface area contributed by atoms with Crippen LogP contribution in [-0.2, 0) is 0 Å². The number of thioether (sulfide) groups is 1. The van der Waals surface area contributed by atoms with Gasteiger partial charge in [-0.25, -0.2) is 0 Å². The summed E-state index contributed by atoms with van der Waals surface area (Å²) >= 11 is 1.83. The summed E-state index contributed by atoms with van der Waals surface area (Å²) < 4.78 is 0. The van der Waals surface area contributed by atoms with Crippen molar-refractivity contribution in [2.45, 2.75) is 32.1 Å². The quantitative estimate of drug-likeness (QED) is 0.606. The van der Waals surface area contributed by atoms with Gasteiger partial charge in [0.2, 0.25) is 0 Å². The lowest BCUT2D eigenvalue weighted by Crippen LogP contribution is -2.12. The van der Waals surface area contributed by atoms with Gasteiger partial charge < -0.3 is 5.41 Å². The Labute approximate surface area is 138 Å². The number of nitrogens with one attached hydrogen (secondary N) is 1. The average Bonchev–Trinajstić information content (AvgIpc) is 2.57. The summed E-state index contributed by atoms with van der Waals surface area (Å²) in [5.74, 6) is 2.05. The fourth-order valence-electron chi connectivity index (χ4n) is 2.73. The largest absolute Gasteiger partial charge is 0.304 e. The van der Waals surface area contributed by atoms with Crippen molar-refractivity contribution in [1.29, 1.82) is 5.41 Å². The summed E-state index contributed by atoms with van der Waals surface area (Å²) in [7, 11) is 0. The van der Waals surface area contributed by atoms with E-state index in [-0.39, 0.29) is 5.92 Å². The van der Waals surface area contributed by atoms with Crippen LogP contribution in [0.2, 0.25) is 0 Å². The Morgan fingerprint density at radius 1 is 1.32 bits per heavy atom. The SMILES string of the molecule is C=C(C(=N)CSCC1=CC=CCC1)C(CC)c1ccccc1. The van der Waals surface area contributed by atoms with Crippen LogP contribution in [0, 0.1) is 5.41 Å². The molecule has 2 rings (SSSR count). The normalized spacial score (nSPS) is 15.2. The molecule has 0 saturated carbocycles. The molecule has 1 aliphatic rings. The molecule has 0 amide bonds. The lowest BCUT2D eigenvalue weighted by molar-refractivity contribution is 0.785. The van der Waals surface area contributed by atoms with Crippen molar-refractivity contribution in [2.24, 2.45) is 0 Å². The molecule has 0 spiro atoms. The minimum absolute atomic E-state index is 0.270. The fraction of sp³-hybridized carbons (Fsp3) is 0.350. The highest BCUT2D eigenvalue weighted by molar-refractivity contribution is 8.00. The number of allylic oxidation sites excluding steroid dienone is 4. The Bertz CT molecular complexity index is 569. The lowest BCUT2D eigenvalue weighted by atomic mass is 9.88. The summed E-state index contributed by atoms with van der Waals surface area (Å²) in [6.45, 7) is 6.37. The van der Waals surface area contributed by atoms with Gasteiger partial charge in [-0.1, -0.05) is 67.6 Å². The van der Waals surface area contributed by atoms with E-state index < -0.39 is 0 Å². The van der Waals surface area contributed by atoms with Crippen LogP contribution in [-0.4, -0.2) is 17.2 Å². The predicted octanol–water partition coefficient (Wildman–Crippen LogP) is 5.77. The Morgan fingerprint density at radius 3 is 2.73 bits per heavy atom.